The number of nitrogens with zero attached hydrogens (tertiary/aromatic N) is 2. The van der Waals surface area contributed by atoms with E-state index in [1.54, 1.807) is 7.11 Å². The van der Waals surface area contributed by atoms with Crippen molar-refractivity contribution in [2.45, 2.75) is 51.2 Å². The van der Waals surface area contributed by atoms with E-state index in [9.17, 15) is 0 Å². The normalized spacial score (nSPS) is 30.3. The molecule has 1 fully saturated rings. The van der Waals surface area contributed by atoms with Crippen LogP contribution in [0.2, 0.25) is 0 Å². The maximum absolute atomic E-state index is 6.16. The first-order valence-electron chi connectivity index (χ1n) is 7.13. The van der Waals surface area contributed by atoms with Crippen molar-refractivity contribution in [3.63, 3.8) is 0 Å². The van der Waals surface area contributed by atoms with Gasteiger partial charge in [0.05, 0.1) is 6.61 Å². The summed E-state index contributed by atoms with van der Waals surface area (Å²) < 4.78 is 5.26. The predicted molar refractivity (Wildman–Crippen MR) is 76.8 cm³/mol. The quantitative estimate of drug-likeness (QED) is 0.775. The molecule has 0 radical (unpaired) electrons. The lowest BCUT2D eigenvalue weighted by atomic mass is 9.81. The van der Waals surface area contributed by atoms with E-state index in [0.717, 1.165) is 39.1 Å². The third kappa shape index (κ3) is 3.44. The summed E-state index contributed by atoms with van der Waals surface area (Å²) in [5.74, 6) is 0. The van der Waals surface area contributed by atoms with Gasteiger partial charge in [-0.2, -0.15) is 0 Å². The van der Waals surface area contributed by atoms with Gasteiger partial charge in [0.15, 0.2) is 0 Å². The van der Waals surface area contributed by atoms with E-state index in [-0.39, 0.29) is 5.54 Å². The molecule has 18 heavy (non-hydrogen) atoms. The van der Waals surface area contributed by atoms with Crippen LogP contribution in [0.3, 0.4) is 0 Å². The van der Waals surface area contributed by atoms with Crippen LogP contribution >= 0.6 is 0 Å². The van der Waals surface area contributed by atoms with Gasteiger partial charge in [-0.05, 0) is 47.2 Å². The van der Waals surface area contributed by atoms with Gasteiger partial charge in [0.25, 0.3) is 0 Å². The third-order valence-corrected chi connectivity index (χ3v) is 4.51. The maximum Gasteiger partial charge on any atom is 0.0590 e. The summed E-state index contributed by atoms with van der Waals surface area (Å²) in [4.78, 5) is 4.99. The highest BCUT2D eigenvalue weighted by Crippen LogP contribution is 2.32. The Labute approximate surface area is 112 Å². The first-order valence-corrected chi connectivity index (χ1v) is 7.13. The monoisotopic (exact) mass is 257 g/mol. The van der Waals surface area contributed by atoms with Crippen LogP contribution in [0, 0.1) is 0 Å². The van der Waals surface area contributed by atoms with Crippen LogP contribution in [0.1, 0.15) is 33.6 Å². The van der Waals surface area contributed by atoms with E-state index in [0.29, 0.717) is 12.1 Å². The molecule has 4 nitrogen and oxygen atoms in total. The van der Waals surface area contributed by atoms with E-state index in [1.165, 1.54) is 0 Å². The molecule has 1 aliphatic heterocycles. The van der Waals surface area contributed by atoms with Gasteiger partial charge in [-0.1, -0.05) is 0 Å². The van der Waals surface area contributed by atoms with Crippen LogP contribution < -0.4 is 5.73 Å². The molecule has 2 atom stereocenters. The third-order valence-electron chi connectivity index (χ3n) is 4.51. The molecule has 108 valence electrons. The number of methoxy groups -OCH3 is 1. The number of likely N-dealkylation sites (tertiary alicyclic amines) is 1. The van der Waals surface area contributed by atoms with Gasteiger partial charge in [0, 0.05) is 37.8 Å². The average Bonchev–Trinajstić information content (AvgIpc) is 2.33. The van der Waals surface area contributed by atoms with Crippen molar-refractivity contribution < 1.29 is 4.74 Å². The van der Waals surface area contributed by atoms with E-state index < -0.39 is 0 Å². The van der Waals surface area contributed by atoms with Crippen molar-refractivity contribution in [1.82, 2.24) is 9.80 Å². The number of nitrogens with two attached hydrogens (primary N) is 1. The van der Waals surface area contributed by atoms with Gasteiger partial charge in [0.2, 0.25) is 0 Å². The Kier molecular flexibility index (Phi) is 6.05. The molecule has 0 bridgehead atoms. The van der Waals surface area contributed by atoms with Gasteiger partial charge in [-0.25, -0.2) is 0 Å². The Balaban J connectivity index is 2.82. The van der Waals surface area contributed by atoms with Crippen molar-refractivity contribution in [2.75, 3.05) is 40.4 Å². The standard InChI is InChI=1S/C14H31N3O/c1-12(2)17(8-9-18-5)14(11-15)6-7-16(4)13(3)10-14/h12-13H,6-11,15H2,1-5H3. The van der Waals surface area contributed by atoms with Crippen LogP contribution in [-0.4, -0.2) is 67.8 Å². The highest BCUT2D eigenvalue weighted by Gasteiger charge is 2.41. The highest BCUT2D eigenvalue weighted by molar-refractivity contribution is 4.99. The molecule has 1 aliphatic rings. The SMILES string of the molecule is COCCN(C(C)C)C1(CN)CCN(C)C(C)C1. The number of hydrogen-bond donors (Lipinski definition) is 1. The fourth-order valence-electron chi connectivity index (χ4n) is 3.21. The second-order valence-electron chi connectivity index (χ2n) is 5.99. The average molecular weight is 257 g/mol. The van der Waals surface area contributed by atoms with Crippen LogP contribution in [0.4, 0.5) is 0 Å². The Hall–Kier alpha value is -0.160. The highest BCUT2D eigenvalue weighted by atomic mass is 16.5. The summed E-state index contributed by atoms with van der Waals surface area (Å²) in [6.45, 7) is 10.5. The van der Waals surface area contributed by atoms with Crippen LogP contribution in [0.25, 0.3) is 0 Å². The first-order chi connectivity index (χ1) is 8.46. The number of ether oxygens (including phenoxy) is 1. The molecule has 2 unspecified atom stereocenters. The Bertz CT molecular complexity index is 247. The smallest absolute Gasteiger partial charge is 0.0590 e. The zero-order valence-electron chi connectivity index (χ0n) is 12.8. The van der Waals surface area contributed by atoms with Crippen LogP contribution in [-0.2, 0) is 4.74 Å². The Morgan fingerprint density at radius 3 is 2.61 bits per heavy atom. The lowest BCUT2D eigenvalue weighted by molar-refractivity contribution is -0.0207. The fraction of sp³-hybridized carbons (Fsp3) is 1.00. The van der Waals surface area contributed by atoms with Crippen LogP contribution in [0.5, 0.6) is 0 Å². The Morgan fingerprint density at radius 1 is 1.50 bits per heavy atom. The van der Waals surface area contributed by atoms with Gasteiger partial charge in [-0.15, -0.1) is 0 Å². The summed E-state index contributed by atoms with van der Waals surface area (Å²) in [6.07, 6.45) is 2.31. The number of piperidine rings is 1. The van der Waals surface area contributed by atoms with Gasteiger partial charge >= 0.3 is 0 Å². The molecule has 0 aromatic heterocycles. The van der Waals surface area contributed by atoms with Crippen LogP contribution in [0.15, 0.2) is 0 Å². The molecule has 0 aliphatic carbocycles. The minimum Gasteiger partial charge on any atom is -0.383 e. The van der Waals surface area contributed by atoms with Crippen molar-refractivity contribution >= 4 is 0 Å². The van der Waals surface area contributed by atoms with Crippen molar-refractivity contribution in [1.29, 1.82) is 0 Å². The predicted octanol–water partition coefficient (Wildman–Crippen LogP) is 1.15. The van der Waals surface area contributed by atoms with Crippen molar-refractivity contribution in [3.05, 3.63) is 0 Å². The van der Waals surface area contributed by atoms with Gasteiger partial charge in [-0.3, -0.25) is 4.90 Å². The molecule has 1 saturated heterocycles. The molecule has 0 aromatic rings. The maximum atomic E-state index is 6.16. The zero-order chi connectivity index (χ0) is 13.8. The Morgan fingerprint density at radius 2 is 2.17 bits per heavy atom. The molecule has 1 rings (SSSR count). The number of rotatable bonds is 6. The van der Waals surface area contributed by atoms with E-state index in [2.05, 4.69) is 37.6 Å². The molecule has 1 heterocycles. The minimum atomic E-state index is 0.151. The summed E-state index contributed by atoms with van der Waals surface area (Å²) in [6, 6.07) is 1.12. The van der Waals surface area contributed by atoms with Gasteiger partial charge in [0.1, 0.15) is 0 Å². The van der Waals surface area contributed by atoms with E-state index in [4.69, 9.17) is 10.5 Å². The molecule has 0 spiro atoms. The van der Waals surface area contributed by atoms with Gasteiger partial charge < -0.3 is 15.4 Å². The second kappa shape index (κ2) is 6.85. The first kappa shape index (κ1) is 15.9. The summed E-state index contributed by atoms with van der Waals surface area (Å²) in [7, 11) is 3.98. The van der Waals surface area contributed by atoms with Crippen molar-refractivity contribution in [2.24, 2.45) is 5.73 Å². The summed E-state index contributed by atoms with van der Waals surface area (Å²) >= 11 is 0. The molecule has 0 aromatic carbocycles. The zero-order valence-corrected chi connectivity index (χ0v) is 12.8. The fourth-order valence-corrected chi connectivity index (χ4v) is 3.21. The second-order valence-corrected chi connectivity index (χ2v) is 5.99. The van der Waals surface area contributed by atoms with E-state index in [1.807, 2.05) is 0 Å². The molecule has 0 saturated carbocycles. The molecular formula is C14H31N3O. The number of hydrogen-bond acceptors (Lipinski definition) is 4. The summed E-state index contributed by atoms with van der Waals surface area (Å²) in [5, 5.41) is 0. The molecule has 0 amide bonds. The molecule has 4 heteroatoms. The molecule has 2 N–H and O–H groups in total. The topological polar surface area (TPSA) is 41.7 Å². The summed E-state index contributed by atoms with van der Waals surface area (Å²) in [5.41, 5.74) is 6.31. The molecular weight excluding hydrogens is 226 g/mol. The van der Waals surface area contributed by atoms with Crippen molar-refractivity contribution in [3.8, 4) is 0 Å². The van der Waals surface area contributed by atoms with E-state index >= 15 is 0 Å². The minimum absolute atomic E-state index is 0.151. The largest absolute Gasteiger partial charge is 0.383 e. The lowest BCUT2D eigenvalue weighted by Gasteiger charge is -2.52. The lowest BCUT2D eigenvalue weighted by Crippen LogP contribution is -2.63.